The molecule has 1 atom stereocenters. The molecule has 0 radical (unpaired) electrons. The molecule has 1 aliphatic heterocycles. The topological polar surface area (TPSA) is 61.2 Å². The van der Waals surface area contributed by atoms with Crippen LogP contribution in [0.3, 0.4) is 0 Å². The lowest BCUT2D eigenvalue weighted by Gasteiger charge is -2.28. The fourth-order valence-electron chi connectivity index (χ4n) is 3.11. The normalized spacial score (nSPS) is 19.2. The number of hydrogen-bond donors (Lipinski definition) is 0. The summed E-state index contributed by atoms with van der Waals surface area (Å²) in [6.07, 6.45) is 0.686. The van der Waals surface area contributed by atoms with E-state index in [1.165, 1.54) is 5.56 Å². The Morgan fingerprint density at radius 2 is 1.62 bits per heavy atom. The van der Waals surface area contributed by atoms with Gasteiger partial charge in [-0.05, 0) is 29.7 Å². The largest absolute Gasteiger partial charge is 0.291 e. The molecule has 1 aliphatic rings. The molecule has 1 fully saturated rings. The molecule has 3 rings (SSSR count). The molecular formula is C19H20N2O2S. The zero-order valence-corrected chi connectivity index (χ0v) is 14.2. The summed E-state index contributed by atoms with van der Waals surface area (Å²) in [5.74, 6) is 0.506. The number of rotatable bonds is 5. The second-order valence-electron chi connectivity index (χ2n) is 6.26. The zero-order valence-electron chi connectivity index (χ0n) is 13.4. The Bertz CT molecular complexity index is 824. The highest BCUT2D eigenvalue weighted by Crippen LogP contribution is 2.22. The van der Waals surface area contributed by atoms with Gasteiger partial charge in [0.1, 0.15) is 0 Å². The molecule has 124 valence electrons. The molecule has 0 N–H and O–H groups in total. The first kappa shape index (κ1) is 16.7. The summed E-state index contributed by atoms with van der Waals surface area (Å²) >= 11 is 0. The number of nitrogens with zero attached hydrogens (tertiary/aromatic N) is 2. The van der Waals surface area contributed by atoms with Crippen LogP contribution in [0.2, 0.25) is 0 Å². The van der Waals surface area contributed by atoms with Gasteiger partial charge in [-0.2, -0.15) is 5.26 Å². The first-order valence-electron chi connectivity index (χ1n) is 8.03. The van der Waals surface area contributed by atoms with Crippen LogP contribution in [0.15, 0.2) is 54.6 Å². The minimum absolute atomic E-state index is 0.0471. The molecule has 2 aromatic rings. The molecule has 2 aromatic carbocycles. The van der Waals surface area contributed by atoms with Crippen molar-refractivity contribution >= 4 is 9.84 Å². The van der Waals surface area contributed by atoms with Crippen molar-refractivity contribution in [2.75, 3.05) is 11.5 Å². The quantitative estimate of drug-likeness (QED) is 0.840. The van der Waals surface area contributed by atoms with E-state index < -0.39 is 9.84 Å². The van der Waals surface area contributed by atoms with Crippen LogP contribution in [0.1, 0.15) is 23.1 Å². The summed E-state index contributed by atoms with van der Waals surface area (Å²) in [6, 6.07) is 19.8. The van der Waals surface area contributed by atoms with Crippen molar-refractivity contribution in [2.24, 2.45) is 0 Å². The van der Waals surface area contributed by atoms with Crippen LogP contribution in [0.25, 0.3) is 0 Å². The SMILES string of the molecule is N#Cc1ccc(CN(Cc2ccccc2)[C@H]2CCS(=O)(=O)C2)cc1. The molecule has 0 bridgehead atoms. The molecule has 0 amide bonds. The van der Waals surface area contributed by atoms with E-state index in [0.29, 0.717) is 18.5 Å². The molecule has 0 aliphatic carbocycles. The third-order valence-corrected chi connectivity index (χ3v) is 6.17. The molecule has 24 heavy (non-hydrogen) atoms. The Morgan fingerprint density at radius 1 is 1.00 bits per heavy atom. The maximum Gasteiger partial charge on any atom is 0.151 e. The van der Waals surface area contributed by atoms with Crippen LogP contribution in [0.5, 0.6) is 0 Å². The monoisotopic (exact) mass is 340 g/mol. The summed E-state index contributed by atoms with van der Waals surface area (Å²) in [4.78, 5) is 2.24. The molecule has 0 spiro atoms. The predicted octanol–water partition coefficient (Wildman–Crippen LogP) is 2.75. The lowest BCUT2D eigenvalue weighted by atomic mass is 10.1. The average Bonchev–Trinajstić information content (AvgIpc) is 2.96. The summed E-state index contributed by atoms with van der Waals surface area (Å²) in [5, 5.41) is 8.91. The van der Waals surface area contributed by atoms with Gasteiger partial charge in [0.2, 0.25) is 0 Å². The van der Waals surface area contributed by atoms with Crippen LogP contribution in [0, 0.1) is 11.3 Å². The maximum absolute atomic E-state index is 11.9. The Balaban J connectivity index is 1.79. The van der Waals surface area contributed by atoms with Gasteiger partial charge < -0.3 is 0 Å². The van der Waals surface area contributed by atoms with Crippen LogP contribution >= 0.6 is 0 Å². The molecule has 1 saturated heterocycles. The lowest BCUT2D eigenvalue weighted by molar-refractivity contribution is 0.194. The van der Waals surface area contributed by atoms with Crippen LogP contribution in [0.4, 0.5) is 0 Å². The minimum atomic E-state index is -2.92. The Morgan fingerprint density at radius 3 is 2.17 bits per heavy atom. The van der Waals surface area contributed by atoms with Crippen molar-refractivity contribution in [2.45, 2.75) is 25.6 Å². The van der Waals surface area contributed by atoms with Gasteiger partial charge in [-0.15, -0.1) is 0 Å². The number of benzene rings is 2. The second kappa shape index (κ2) is 7.16. The molecule has 0 unspecified atom stereocenters. The van der Waals surface area contributed by atoms with E-state index in [1.54, 1.807) is 12.1 Å². The highest BCUT2D eigenvalue weighted by atomic mass is 32.2. The van der Waals surface area contributed by atoms with Gasteiger partial charge in [0, 0.05) is 19.1 Å². The summed E-state index contributed by atoms with van der Waals surface area (Å²) in [7, 11) is -2.92. The highest BCUT2D eigenvalue weighted by Gasteiger charge is 2.32. The first-order valence-corrected chi connectivity index (χ1v) is 9.85. The van der Waals surface area contributed by atoms with E-state index in [0.717, 1.165) is 12.1 Å². The summed E-state index contributed by atoms with van der Waals surface area (Å²) < 4.78 is 23.7. The van der Waals surface area contributed by atoms with E-state index in [2.05, 4.69) is 23.1 Å². The van der Waals surface area contributed by atoms with E-state index in [9.17, 15) is 8.42 Å². The van der Waals surface area contributed by atoms with Crippen molar-refractivity contribution < 1.29 is 8.42 Å². The Kier molecular flexibility index (Phi) is 4.98. The van der Waals surface area contributed by atoms with Crippen LogP contribution in [-0.2, 0) is 22.9 Å². The van der Waals surface area contributed by atoms with E-state index in [-0.39, 0.29) is 17.5 Å². The van der Waals surface area contributed by atoms with Crippen LogP contribution < -0.4 is 0 Å². The summed E-state index contributed by atoms with van der Waals surface area (Å²) in [5.41, 5.74) is 2.90. The number of hydrogen-bond acceptors (Lipinski definition) is 4. The van der Waals surface area contributed by atoms with Gasteiger partial charge in [-0.1, -0.05) is 42.5 Å². The van der Waals surface area contributed by atoms with Gasteiger partial charge in [-0.25, -0.2) is 8.42 Å². The minimum Gasteiger partial charge on any atom is -0.291 e. The number of sulfone groups is 1. The zero-order chi connectivity index (χ0) is 17.0. The summed E-state index contributed by atoms with van der Waals surface area (Å²) in [6.45, 7) is 1.40. The van der Waals surface area contributed by atoms with Crippen molar-refractivity contribution in [1.29, 1.82) is 5.26 Å². The maximum atomic E-state index is 11.9. The van der Waals surface area contributed by atoms with E-state index in [1.807, 2.05) is 30.3 Å². The third kappa shape index (κ3) is 4.22. The molecule has 0 aromatic heterocycles. The first-order chi connectivity index (χ1) is 11.6. The van der Waals surface area contributed by atoms with Crippen molar-refractivity contribution in [3.05, 3.63) is 71.3 Å². The Hall–Kier alpha value is -2.16. The molecule has 1 heterocycles. The van der Waals surface area contributed by atoms with Crippen molar-refractivity contribution in [3.63, 3.8) is 0 Å². The van der Waals surface area contributed by atoms with E-state index in [4.69, 9.17) is 5.26 Å². The van der Waals surface area contributed by atoms with Gasteiger partial charge in [0.15, 0.2) is 9.84 Å². The molecule has 5 heteroatoms. The highest BCUT2D eigenvalue weighted by molar-refractivity contribution is 7.91. The van der Waals surface area contributed by atoms with Crippen molar-refractivity contribution in [1.82, 2.24) is 4.90 Å². The van der Waals surface area contributed by atoms with Crippen molar-refractivity contribution in [3.8, 4) is 6.07 Å². The predicted molar refractivity (Wildman–Crippen MR) is 93.9 cm³/mol. The fraction of sp³-hybridized carbons (Fsp3) is 0.316. The fourth-order valence-corrected chi connectivity index (χ4v) is 4.88. The molecule has 4 nitrogen and oxygen atoms in total. The van der Waals surface area contributed by atoms with Gasteiger partial charge in [0.05, 0.1) is 23.1 Å². The van der Waals surface area contributed by atoms with Gasteiger partial charge >= 0.3 is 0 Å². The average molecular weight is 340 g/mol. The van der Waals surface area contributed by atoms with Gasteiger partial charge in [-0.3, -0.25) is 4.90 Å². The number of nitriles is 1. The lowest BCUT2D eigenvalue weighted by Crippen LogP contribution is -2.35. The molecule has 0 saturated carbocycles. The van der Waals surface area contributed by atoms with E-state index >= 15 is 0 Å². The smallest absolute Gasteiger partial charge is 0.151 e. The Labute approximate surface area is 143 Å². The third-order valence-electron chi connectivity index (χ3n) is 4.42. The molecular weight excluding hydrogens is 320 g/mol. The standard InChI is InChI=1S/C19H20N2O2S/c20-12-16-6-8-18(9-7-16)14-21(13-17-4-2-1-3-5-17)19-10-11-24(22,23)15-19/h1-9,19H,10-11,13-15H2/t19-/m0/s1. The second-order valence-corrected chi connectivity index (χ2v) is 8.48. The van der Waals surface area contributed by atoms with Crippen LogP contribution in [-0.4, -0.2) is 30.9 Å². The van der Waals surface area contributed by atoms with Gasteiger partial charge in [0.25, 0.3) is 0 Å².